The summed E-state index contributed by atoms with van der Waals surface area (Å²) in [6, 6.07) is 3.20. The van der Waals surface area contributed by atoms with Crippen molar-refractivity contribution < 1.29 is 14.3 Å². The summed E-state index contributed by atoms with van der Waals surface area (Å²) in [5, 5.41) is 8.86. The molecule has 0 aliphatic rings. The van der Waals surface area contributed by atoms with Gasteiger partial charge in [0.05, 0.1) is 6.61 Å². The van der Waals surface area contributed by atoms with Crippen molar-refractivity contribution in [2.24, 2.45) is 0 Å². The first-order valence-corrected chi connectivity index (χ1v) is 10.7. The van der Waals surface area contributed by atoms with Crippen LogP contribution in [0.15, 0.2) is 24.8 Å². The second-order valence-corrected chi connectivity index (χ2v) is 9.89. The second kappa shape index (κ2) is 13.0. The van der Waals surface area contributed by atoms with Gasteiger partial charge in [-0.15, -0.1) is 6.58 Å². The molecule has 0 fully saturated rings. The Kier molecular flexibility index (Phi) is 12.5. The van der Waals surface area contributed by atoms with Crippen molar-refractivity contribution in [3.05, 3.63) is 24.8 Å². The molecule has 122 valence electrons. The zero-order valence-corrected chi connectivity index (χ0v) is 14.7. The molecule has 1 atom stereocenters. The summed E-state index contributed by atoms with van der Waals surface area (Å²) in [7, 11) is -1.72. The fourth-order valence-electron chi connectivity index (χ4n) is 2.52. The third-order valence-electron chi connectivity index (χ3n) is 3.99. The number of allylic oxidation sites excluding steroid dienone is 1. The number of aliphatic hydroxyl groups excluding tert-OH is 1. The van der Waals surface area contributed by atoms with Crippen molar-refractivity contribution in [2.45, 2.75) is 70.2 Å². The minimum Gasteiger partial charge on any atom is -0.413 e. The van der Waals surface area contributed by atoms with Crippen LogP contribution in [0.3, 0.4) is 0 Å². The van der Waals surface area contributed by atoms with E-state index in [2.05, 4.69) is 20.4 Å². The maximum absolute atomic E-state index is 10.4. The molecular weight excluding hydrogens is 280 g/mol. The zero-order chi connectivity index (χ0) is 16.0. The molecule has 21 heavy (non-hydrogen) atoms. The molecule has 0 saturated carbocycles. The Hall–Kier alpha value is -0.713. The molecule has 3 nitrogen and oxygen atoms in total. The minimum atomic E-state index is -1.72. The Balaban J connectivity index is 4.62. The standard InChI is InChI=1S/C17H32O3Si/c1-4-16-21(5-2,6-3)20-17(13-9-11-15-19)12-8-7-10-14-18/h4,9,11,14,17,19H,1,5-8,10,12-13,15-16H2,2-3H3/b11-9+. The highest BCUT2D eigenvalue weighted by Gasteiger charge is 2.32. The van der Waals surface area contributed by atoms with E-state index >= 15 is 0 Å². The molecule has 1 N–H and O–H groups in total. The van der Waals surface area contributed by atoms with E-state index in [1.807, 2.05) is 12.2 Å². The predicted molar refractivity (Wildman–Crippen MR) is 92.0 cm³/mol. The van der Waals surface area contributed by atoms with Crippen molar-refractivity contribution in [2.75, 3.05) is 6.61 Å². The molecule has 0 aromatic rings. The third-order valence-corrected chi connectivity index (χ3v) is 8.43. The van der Waals surface area contributed by atoms with Crippen molar-refractivity contribution in [3.63, 3.8) is 0 Å². The summed E-state index contributed by atoms with van der Waals surface area (Å²) in [6.07, 6.45) is 11.4. The molecule has 0 radical (unpaired) electrons. The highest BCUT2D eigenvalue weighted by molar-refractivity contribution is 6.74. The summed E-state index contributed by atoms with van der Waals surface area (Å²) >= 11 is 0. The molecule has 0 spiro atoms. The van der Waals surface area contributed by atoms with Crippen molar-refractivity contribution in [1.82, 2.24) is 0 Å². The highest BCUT2D eigenvalue weighted by atomic mass is 28.4. The lowest BCUT2D eigenvalue weighted by Crippen LogP contribution is -2.40. The number of carbonyl (C=O) groups excluding carboxylic acids is 1. The van der Waals surface area contributed by atoms with Crippen molar-refractivity contribution >= 4 is 14.6 Å². The molecule has 0 amide bonds. The van der Waals surface area contributed by atoms with Gasteiger partial charge in [0.15, 0.2) is 8.32 Å². The molecule has 0 aromatic carbocycles. The van der Waals surface area contributed by atoms with Gasteiger partial charge < -0.3 is 14.3 Å². The topological polar surface area (TPSA) is 46.5 Å². The molecule has 0 bridgehead atoms. The second-order valence-electron chi connectivity index (χ2n) is 5.46. The van der Waals surface area contributed by atoms with E-state index in [-0.39, 0.29) is 12.7 Å². The molecule has 0 saturated heterocycles. The van der Waals surface area contributed by atoms with Gasteiger partial charge in [0.25, 0.3) is 0 Å². The van der Waals surface area contributed by atoms with Crippen LogP contribution in [0, 0.1) is 0 Å². The normalized spacial score (nSPS) is 13.5. The van der Waals surface area contributed by atoms with Crippen LogP contribution in [0.5, 0.6) is 0 Å². The van der Waals surface area contributed by atoms with Gasteiger partial charge in [-0.3, -0.25) is 0 Å². The molecule has 4 heteroatoms. The van der Waals surface area contributed by atoms with Gasteiger partial charge in [-0.05, 0) is 37.4 Å². The van der Waals surface area contributed by atoms with Gasteiger partial charge in [-0.1, -0.05) is 38.5 Å². The van der Waals surface area contributed by atoms with Gasteiger partial charge in [0, 0.05) is 12.5 Å². The molecule has 0 aliphatic carbocycles. The van der Waals surface area contributed by atoms with Crippen LogP contribution in [-0.4, -0.2) is 32.4 Å². The largest absolute Gasteiger partial charge is 0.413 e. The highest BCUT2D eigenvalue weighted by Crippen LogP contribution is 2.27. The van der Waals surface area contributed by atoms with Gasteiger partial charge >= 0.3 is 0 Å². The lowest BCUT2D eigenvalue weighted by Gasteiger charge is -2.33. The minimum absolute atomic E-state index is 0.0780. The molecule has 0 aliphatic heterocycles. The number of hydrogen-bond donors (Lipinski definition) is 1. The summed E-state index contributed by atoms with van der Waals surface area (Å²) in [5.41, 5.74) is 0. The molecular formula is C17H32O3Si. The fourth-order valence-corrected chi connectivity index (χ4v) is 5.47. The number of hydrogen-bond acceptors (Lipinski definition) is 3. The van der Waals surface area contributed by atoms with Gasteiger partial charge in [0.1, 0.15) is 6.29 Å². The summed E-state index contributed by atoms with van der Waals surface area (Å²) in [6.45, 7) is 8.39. The Morgan fingerprint density at radius 3 is 2.48 bits per heavy atom. The molecule has 0 heterocycles. The quantitative estimate of drug-likeness (QED) is 0.226. The lowest BCUT2D eigenvalue weighted by molar-refractivity contribution is -0.107. The van der Waals surface area contributed by atoms with Crippen molar-refractivity contribution in [1.29, 1.82) is 0 Å². The maximum atomic E-state index is 10.4. The van der Waals surface area contributed by atoms with Crippen LogP contribution >= 0.6 is 0 Å². The number of aliphatic hydroxyl groups is 1. The Labute approximate surface area is 131 Å². The Morgan fingerprint density at radius 2 is 1.95 bits per heavy atom. The summed E-state index contributed by atoms with van der Waals surface area (Å²) < 4.78 is 6.55. The fraction of sp³-hybridized carbons (Fsp3) is 0.706. The van der Waals surface area contributed by atoms with Crippen molar-refractivity contribution in [3.8, 4) is 0 Å². The van der Waals surface area contributed by atoms with E-state index in [1.165, 1.54) is 0 Å². The smallest absolute Gasteiger partial charge is 0.196 e. The predicted octanol–water partition coefficient (Wildman–Crippen LogP) is 4.24. The molecule has 0 aromatic heterocycles. The monoisotopic (exact) mass is 312 g/mol. The lowest BCUT2D eigenvalue weighted by atomic mass is 10.1. The third kappa shape index (κ3) is 9.01. The SMILES string of the molecule is C=CC[Si](CC)(CC)OC(C/C=C/CO)CCCCC=O. The van der Waals surface area contributed by atoms with E-state index < -0.39 is 8.32 Å². The molecule has 0 rings (SSSR count). The first-order chi connectivity index (χ1) is 10.2. The number of rotatable bonds is 14. The van der Waals surface area contributed by atoms with Crippen LogP contribution in [0.25, 0.3) is 0 Å². The van der Waals surface area contributed by atoms with E-state index in [9.17, 15) is 4.79 Å². The maximum Gasteiger partial charge on any atom is 0.196 e. The van der Waals surface area contributed by atoms with E-state index in [0.29, 0.717) is 6.42 Å². The summed E-state index contributed by atoms with van der Waals surface area (Å²) in [5.74, 6) is 0. The van der Waals surface area contributed by atoms with E-state index in [0.717, 1.165) is 50.1 Å². The molecule has 1 unspecified atom stereocenters. The van der Waals surface area contributed by atoms with Gasteiger partial charge in [-0.2, -0.15) is 0 Å². The first kappa shape index (κ1) is 20.3. The number of unbranched alkanes of at least 4 members (excludes halogenated alkanes) is 2. The Bertz CT molecular complexity index is 298. The summed E-state index contributed by atoms with van der Waals surface area (Å²) in [4.78, 5) is 10.4. The van der Waals surface area contributed by atoms with Gasteiger partial charge in [-0.25, -0.2) is 0 Å². The average molecular weight is 313 g/mol. The number of carbonyl (C=O) groups is 1. The van der Waals surface area contributed by atoms with Crippen LogP contribution in [-0.2, 0) is 9.22 Å². The van der Waals surface area contributed by atoms with E-state index in [4.69, 9.17) is 9.53 Å². The van der Waals surface area contributed by atoms with Crippen LogP contribution in [0.1, 0.15) is 46.0 Å². The van der Waals surface area contributed by atoms with E-state index in [1.54, 1.807) is 6.08 Å². The Morgan fingerprint density at radius 1 is 1.24 bits per heavy atom. The van der Waals surface area contributed by atoms with Crippen LogP contribution < -0.4 is 0 Å². The van der Waals surface area contributed by atoms with Crippen LogP contribution in [0.2, 0.25) is 18.1 Å². The zero-order valence-electron chi connectivity index (χ0n) is 13.7. The average Bonchev–Trinajstić information content (AvgIpc) is 2.50. The first-order valence-electron chi connectivity index (χ1n) is 8.16. The number of aldehydes is 1. The van der Waals surface area contributed by atoms with Crippen LogP contribution in [0.4, 0.5) is 0 Å². The van der Waals surface area contributed by atoms with Gasteiger partial charge in [0.2, 0.25) is 0 Å².